The Labute approximate surface area is 143 Å². The molecular formula is C17H27N5O2. The van der Waals surface area contributed by atoms with Gasteiger partial charge in [-0.1, -0.05) is 13.3 Å². The van der Waals surface area contributed by atoms with E-state index in [4.69, 9.17) is 4.74 Å². The van der Waals surface area contributed by atoms with Crippen molar-refractivity contribution in [3.63, 3.8) is 0 Å². The molecule has 0 aliphatic heterocycles. The number of hydrogen-bond donors (Lipinski definition) is 1. The first kappa shape index (κ1) is 16.7. The van der Waals surface area contributed by atoms with Gasteiger partial charge in [0.1, 0.15) is 17.4 Å². The second-order valence-electron chi connectivity index (χ2n) is 6.40. The van der Waals surface area contributed by atoms with E-state index in [2.05, 4.69) is 27.3 Å². The zero-order valence-corrected chi connectivity index (χ0v) is 14.4. The first-order valence-corrected chi connectivity index (χ1v) is 8.79. The summed E-state index contributed by atoms with van der Waals surface area (Å²) in [5.41, 5.74) is 0.910. The number of imidazole rings is 1. The summed E-state index contributed by atoms with van der Waals surface area (Å²) in [5.74, 6) is 1.77. The molecule has 2 aromatic rings. The molecule has 1 fully saturated rings. The molecule has 0 aromatic carbocycles. The molecule has 24 heavy (non-hydrogen) atoms. The average molecular weight is 333 g/mol. The minimum absolute atomic E-state index is 0. The van der Waals surface area contributed by atoms with Crippen LogP contribution in [0.3, 0.4) is 0 Å². The Morgan fingerprint density at radius 2 is 2.08 bits per heavy atom. The van der Waals surface area contributed by atoms with Crippen LogP contribution in [-0.4, -0.2) is 38.2 Å². The van der Waals surface area contributed by atoms with Gasteiger partial charge in [0.25, 0.3) is 0 Å². The van der Waals surface area contributed by atoms with Crippen LogP contribution in [0.2, 0.25) is 0 Å². The number of anilines is 1. The van der Waals surface area contributed by atoms with Gasteiger partial charge in [0.05, 0.1) is 12.4 Å². The number of nitrogens with zero attached hydrogens (tertiary/aromatic N) is 4. The van der Waals surface area contributed by atoms with Crippen molar-refractivity contribution in [2.75, 3.05) is 11.9 Å². The quantitative estimate of drug-likeness (QED) is 0.646. The number of rotatable bonds is 6. The third-order valence-electron chi connectivity index (χ3n) is 4.49. The van der Waals surface area contributed by atoms with E-state index in [1.165, 1.54) is 6.92 Å². The van der Waals surface area contributed by atoms with Crippen LogP contribution in [0, 0.1) is 0 Å². The Hall–Kier alpha value is -2.18. The number of fused-ring (bicyclic) bond motifs is 1. The number of carbonyl (C=O) groups is 1. The van der Waals surface area contributed by atoms with E-state index in [1.54, 1.807) is 0 Å². The Bertz CT molecular complexity index is 697. The second-order valence-corrected chi connectivity index (χ2v) is 6.40. The predicted molar refractivity (Wildman–Crippen MR) is 93.1 cm³/mol. The van der Waals surface area contributed by atoms with Gasteiger partial charge in [-0.25, -0.2) is 14.5 Å². The van der Waals surface area contributed by atoms with E-state index in [0.717, 1.165) is 56.4 Å². The molecule has 0 atom stereocenters. The zero-order chi connectivity index (χ0) is 16.9. The van der Waals surface area contributed by atoms with Gasteiger partial charge in [-0.15, -0.1) is 5.10 Å². The highest BCUT2D eigenvalue weighted by Gasteiger charge is 2.27. The number of esters is 1. The maximum atomic E-state index is 11.1. The molecule has 1 N–H and O–H groups in total. The van der Waals surface area contributed by atoms with Gasteiger partial charge in [0, 0.05) is 20.8 Å². The standard InChI is InChI=1S/C17H25N5O2.H2/c1-3-4-9-18-17-20-11-14-10-19-16(22(14)21-17)13-5-7-15(8-6-13)24-12(2)23;/h10-11,13,15H,3-9H2,1-2H3,(H,18,21);1H. The van der Waals surface area contributed by atoms with Crippen molar-refractivity contribution in [2.45, 2.75) is 64.4 Å². The van der Waals surface area contributed by atoms with Gasteiger partial charge < -0.3 is 10.1 Å². The maximum absolute atomic E-state index is 11.1. The van der Waals surface area contributed by atoms with Crippen LogP contribution in [0.15, 0.2) is 12.4 Å². The number of aromatic nitrogens is 4. The molecule has 0 amide bonds. The Kier molecular flexibility index (Phi) is 5.27. The van der Waals surface area contributed by atoms with Crippen molar-refractivity contribution in [3.8, 4) is 0 Å². The van der Waals surface area contributed by atoms with Crippen molar-refractivity contribution in [2.24, 2.45) is 0 Å². The molecule has 2 aromatic heterocycles. The van der Waals surface area contributed by atoms with Crippen molar-refractivity contribution >= 4 is 17.4 Å². The minimum atomic E-state index is -0.194. The molecule has 0 unspecified atom stereocenters. The van der Waals surface area contributed by atoms with E-state index in [1.807, 2.05) is 16.9 Å². The average Bonchev–Trinajstić information content (AvgIpc) is 2.98. The van der Waals surface area contributed by atoms with Gasteiger partial charge in [0.15, 0.2) is 0 Å². The van der Waals surface area contributed by atoms with E-state index >= 15 is 0 Å². The van der Waals surface area contributed by atoms with E-state index < -0.39 is 0 Å². The summed E-state index contributed by atoms with van der Waals surface area (Å²) >= 11 is 0. The van der Waals surface area contributed by atoms with Crippen molar-refractivity contribution in [1.82, 2.24) is 19.6 Å². The first-order valence-electron chi connectivity index (χ1n) is 8.79. The molecule has 1 saturated carbocycles. The van der Waals surface area contributed by atoms with Crippen molar-refractivity contribution in [3.05, 3.63) is 18.2 Å². The first-order chi connectivity index (χ1) is 11.7. The van der Waals surface area contributed by atoms with Gasteiger partial charge in [-0.2, -0.15) is 0 Å². The Balaban J connectivity index is 0.00000225. The fourth-order valence-electron chi connectivity index (χ4n) is 3.23. The van der Waals surface area contributed by atoms with E-state index in [9.17, 15) is 4.79 Å². The van der Waals surface area contributed by atoms with Crippen LogP contribution in [0.1, 0.15) is 65.5 Å². The largest absolute Gasteiger partial charge is 0.463 e. The zero-order valence-electron chi connectivity index (χ0n) is 14.4. The lowest BCUT2D eigenvalue weighted by Crippen LogP contribution is -2.23. The lowest BCUT2D eigenvalue weighted by Gasteiger charge is -2.27. The molecule has 0 saturated heterocycles. The molecule has 132 valence electrons. The van der Waals surface area contributed by atoms with Gasteiger partial charge in [0.2, 0.25) is 5.95 Å². The molecule has 3 rings (SSSR count). The van der Waals surface area contributed by atoms with Crippen LogP contribution in [0.4, 0.5) is 5.95 Å². The predicted octanol–water partition coefficient (Wildman–Crippen LogP) is 3.17. The number of nitrogens with one attached hydrogen (secondary N) is 1. The molecule has 7 nitrogen and oxygen atoms in total. The SMILES string of the molecule is CCCCNc1ncc2cnc(C3CCC(OC(C)=O)CC3)n2n1.[HH]. The second kappa shape index (κ2) is 7.59. The summed E-state index contributed by atoms with van der Waals surface area (Å²) in [7, 11) is 0. The van der Waals surface area contributed by atoms with E-state index in [-0.39, 0.29) is 13.5 Å². The molecule has 0 spiro atoms. The Morgan fingerprint density at radius 3 is 2.79 bits per heavy atom. The summed E-state index contributed by atoms with van der Waals surface area (Å²) in [6.07, 6.45) is 9.59. The van der Waals surface area contributed by atoms with Crippen LogP contribution >= 0.6 is 0 Å². The summed E-state index contributed by atoms with van der Waals surface area (Å²) in [6.45, 7) is 4.50. The van der Waals surface area contributed by atoms with Crippen molar-refractivity contribution < 1.29 is 11.0 Å². The molecule has 1 aliphatic carbocycles. The fraction of sp³-hybridized carbons (Fsp3) is 0.647. The lowest BCUT2D eigenvalue weighted by molar-refractivity contribution is -0.147. The topological polar surface area (TPSA) is 81.4 Å². The van der Waals surface area contributed by atoms with Crippen LogP contribution < -0.4 is 5.32 Å². The monoisotopic (exact) mass is 333 g/mol. The highest BCUT2D eigenvalue weighted by atomic mass is 16.5. The Morgan fingerprint density at radius 1 is 1.33 bits per heavy atom. The normalized spacial score (nSPS) is 20.9. The molecular weight excluding hydrogens is 306 g/mol. The minimum Gasteiger partial charge on any atom is -0.463 e. The molecule has 0 radical (unpaired) electrons. The smallest absolute Gasteiger partial charge is 0.302 e. The van der Waals surface area contributed by atoms with Gasteiger partial charge >= 0.3 is 5.97 Å². The third kappa shape index (κ3) is 3.83. The van der Waals surface area contributed by atoms with Crippen LogP contribution in [0.25, 0.3) is 5.52 Å². The molecule has 0 bridgehead atoms. The summed E-state index contributed by atoms with van der Waals surface area (Å²) in [4.78, 5) is 20.0. The van der Waals surface area contributed by atoms with Crippen LogP contribution in [-0.2, 0) is 9.53 Å². The fourth-order valence-corrected chi connectivity index (χ4v) is 3.23. The summed E-state index contributed by atoms with van der Waals surface area (Å²) < 4.78 is 7.22. The number of ether oxygens (including phenoxy) is 1. The van der Waals surface area contributed by atoms with Gasteiger partial charge in [-0.05, 0) is 32.1 Å². The van der Waals surface area contributed by atoms with Gasteiger partial charge in [-0.3, -0.25) is 4.79 Å². The summed E-state index contributed by atoms with van der Waals surface area (Å²) in [5, 5.41) is 7.85. The maximum Gasteiger partial charge on any atom is 0.302 e. The van der Waals surface area contributed by atoms with Crippen LogP contribution in [0.5, 0.6) is 0 Å². The highest BCUT2D eigenvalue weighted by molar-refractivity contribution is 5.66. The molecule has 7 heteroatoms. The number of unbranched alkanes of at least 4 members (excludes halogenated alkanes) is 1. The van der Waals surface area contributed by atoms with Crippen molar-refractivity contribution in [1.29, 1.82) is 0 Å². The van der Waals surface area contributed by atoms with E-state index in [0.29, 0.717) is 11.9 Å². The molecule has 1 aliphatic rings. The summed E-state index contributed by atoms with van der Waals surface area (Å²) in [6, 6.07) is 0. The number of hydrogen-bond acceptors (Lipinski definition) is 6. The molecule has 2 heterocycles. The lowest BCUT2D eigenvalue weighted by atomic mass is 9.87. The third-order valence-corrected chi connectivity index (χ3v) is 4.49. The number of carbonyl (C=O) groups excluding carboxylic acids is 1. The highest BCUT2D eigenvalue weighted by Crippen LogP contribution is 2.33.